The fourth-order valence-corrected chi connectivity index (χ4v) is 4.96. The van der Waals surface area contributed by atoms with Crippen LogP contribution in [0.1, 0.15) is 42.9 Å². The SMILES string of the molecule is CCC(=C(c1ccccc1)c1ccc(OCC(O)CN2CCCC2)cc1)c1ccc2c(c1)OCO2. The van der Waals surface area contributed by atoms with Crippen LogP contribution in [0, 0.1) is 0 Å². The third-order valence-electron chi connectivity index (χ3n) is 6.69. The lowest BCUT2D eigenvalue weighted by Gasteiger charge is -2.20. The molecule has 5 heteroatoms. The smallest absolute Gasteiger partial charge is 0.231 e. The van der Waals surface area contributed by atoms with E-state index in [1.807, 2.05) is 24.3 Å². The number of aliphatic hydroxyl groups excluding tert-OH is 1. The molecule has 2 heterocycles. The molecular formula is C30H33NO4. The number of likely N-dealkylation sites (tertiary alicyclic amines) is 1. The van der Waals surface area contributed by atoms with Crippen LogP contribution in [-0.2, 0) is 0 Å². The highest BCUT2D eigenvalue weighted by Crippen LogP contribution is 2.39. The van der Waals surface area contributed by atoms with Crippen LogP contribution in [-0.4, -0.2) is 49.1 Å². The fourth-order valence-electron chi connectivity index (χ4n) is 4.96. The maximum absolute atomic E-state index is 10.4. The van der Waals surface area contributed by atoms with Crippen molar-refractivity contribution in [3.63, 3.8) is 0 Å². The molecule has 2 aliphatic rings. The zero-order chi connectivity index (χ0) is 24.0. The van der Waals surface area contributed by atoms with Crippen molar-refractivity contribution in [2.75, 3.05) is 33.0 Å². The Labute approximate surface area is 207 Å². The molecule has 5 nitrogen and oxygen atoms in total. The Bertz CT molecular complexity index is 1150. The average Bonchev–Trinajstić information content (AvgIpc) is 3.58. The van der Waals surface area contributed by atoms with Crippen molar-refractivity contribution in [3.05, 3.63) is 89.5 Å². The van der Waals surface area contributed by atoms with E-state index < -0.39 is 6.10 Å². The summed E-state index contributed by atoms with van der Waals surface area (Å²) in [5.74, 6) is 2.35. The second-order valence-corrected chi connectivity index (χ2v) is 9.14. The minimum Gasteiger partial charge on any atom is -0.491 e. The van der Waals surface area contributed by atoms with Crippen LogP contribution >= 0.6 is 0 Å². The Hall–Kier alpha value is -3.28. The van der Waals surface area contributed by atoms with E-state index in [1.165, 1.54) is 24.0 Å². The van der Waals surface area contributed by atoms with Crippen LogP contribution in [0.4, 0.5) is 0 Å². The zero-order valence-corrected chi connectivity index (χ0v) is 20.3. The summed E-state index contributed by atoms with van der Waals surface area (Å²) >= 11 is 0. The lowest BCUT2D eigenvalue weighted by atomic mass is 9.88. The number of β-amino-alcohol motifs (C(OH)–C–C–N with tert-alkyl or cyclic N) is 1. The van der Waals surface area contributed by atoms with Gasteiger partial charge in [0, 0.05) is 6.54 Å². The van der Waals surface area contributed by atoms with Gasteiger partial charge in [-0.3, -0.25) is 0 Å². The highest BCUT2D eigenvalue weighted by molar-refractivity contribution is 5.98. The van der Waals surface area contributed by atoms with Crippen molar-refractivity contribution in [3.8, 4) is 17.2 Å². The molecular weight excluding hydrogens is 438 g/mol. The average molecular weight is 472 g/mol. The molecule has 1 saturated heterocycles. The molecule has 0 radical (unpaired) electrons. The van der Waals surface area contributed by atoms with E-state index in [4.69, 9.17) is 14.2 Å². The molecule has 5 rings (SSSR count). The van der Waals surface area contributed by atoms with Gasteiger partial charge in [0.05, 0.1) is 0 Å². The van der Waals surface area contributed by atoms with Crippen LogP contribution in [0.2, 0.25) is 0 Å². The molecule has 0 amide bonds. The van der Waals surface area contributed by atoms with E-state index in [9.17, 15) is 5.11 Å². The standard InChI is InChI=1S/C30H33NO4/c1-2-27(24-12-15-28-29(18-24)35-21-34-28)30(22-8-4-3-5-9-22)23-10-13-26(14-11-23)33-20-25(32)19-31-16-6-7-17-31/h3-5,8-15,18,25,32H,2,6-7,16-17,19-21H2,1H3. The van der Waals surface area contributed by atoms with E-state index in [2.05, 4.69) is 60.4 Å². The van der Waals surface area contributed by atoms with Gasteiger partial charge in [-0.15, -0.1) is 0 Å². The number of allylic oxidation sites excluding steroid dienone is 1. The number of rotatable bonds is 9. The maximum Gasteiger partial charge on any atom is 0.231 e. The number of hydrogen-bond donors (Lipinski definition) is 1. The van der Waals surface area contributed by atoms with E-state index in [-0.39, 0.29) is 6.79 Å². The summed E-state index contributed by atoms with van der Waals surface area (Å²) < 4.78 is 17.1. The Morgan fingerprint density at radius 1 is 0.886 bits per heavy atom. The first-order chi connectivity index (χ1) is 17.2. The molecule has 2 aliphatic heterocycles. The molecule has 0 bridgehead atoms. The lowest BCUT2D eigenvalue weighted by molar-refractivity contribution is 0.0758. The van der Waals surface area contributed by atoms with Gasteiger partial charge in [-0.05, 0) is 84.5 Å². The van der Waals surface area contributed by atoms with E-state index >= 15 is 0 Å². The maximum atomic E-state index is 10.4. The Kier molecular flexibility index (Phi) is 7.36. The summed E-state index contributed by atoms with van der Waals surface area (Å²) in [6.07, 6.45) is 2.83. The minimum atomic E-state index is -0.481. The van der Waals surface area contributed by atoms with Gasteiger partial charge in [0.25, 0.3) is 0 Å². The third-order valence-corrected chi connectivity index (χ3v) is 6.69. The predicted molar refractivity (Wildman–Crippen MR) is 139 cm³/mol. The van der Waals surface area contributed by atoms with Crippen LogP contribution in [0.15, 0.2) is 72.8 Å². The van der Waals surface area contributed by atoms with Gasteiger partial charge in [-0.1, -0.05) is 55.5 Å². The molecule has 1 N–H and O–H groups in total. The van der Waals surface area contributed by atoms with Gasteiger partial charge in [0.1, 0.15) is 18.5 Å². The molecule has 1 unspecified atom stereocenters. The predicted octanol–water partition coefficient (Wildman–Crippen LogP) is 5.62. The van der Waals surface area contributed by atoms with Crippen LogP contribution < -0.4 is 14.2 Å². The Morgan fingerprint density at radius 3 is 2.31 bits per heavy atom. The molecule has 1 atom stereocenters. The van der Waals surface area contributed by atoms with Gasteiger partial charge in [-0.25, -0.2) is 0 Å². The topological polar surface area (TPSA) is 51.2 Å². The van der Waals surface area contributed by atoms with Gasteiger partial charge in [0.15, 0.2) is 11.5 Å². The summed E-state index contributed by atoms with van der Waals surface area (Å²) in [7, 11) is 0. The van der Waals surface area contributed by atoms with Crippen LogP contribution in [0.25, 0.3) is 11.1 Å². The Morgan fingerprint density at radius 2 is 1.57 bits per heavy atom. The molecule has 0 saturated carbocycles. The first-order valence-corrected chi connectivity index (χ1v) is 12.5. The number of hydrogen-bond acceptors (Lipinski definition) is 5. The molecule has 3 aromatic rings. The highest BCUT2D eigenvalue weighted by Gasteiger charge is 2.19. The minimum absolute atomic E-state index is 0.268. The van der Waals surface area contributed by atoms with Crippen molar-refractivity contribution in [1.82, 2.24) is 4.90 Å². The first-order valence-electron chi connectivity index (χ1n) is 12.5. The van der Waals surface area contributed by atoms with Crippen molar-refractivity contribution in [2.24, 2.45) is 0 Å². The van der Waals surface area contributed by atoms with Crippen molar-refractivity contribution >= 4 is 11.1 Å². The van der Waals surface area contributed by atoms with Gasteiger partial charge < -0.3 is 24.2 Å². The molecule has 0 aromatic heterocycles. The monoisotopic (exact) mass is 471 g/mol. The summed E-state index contributed by atoms with van der Waals surface area (Å²) in [6.45, 7) is 5.57. The number of aliphatic hydroxyl groups is 1. The quantitative estimate of drug-likeness (QED) is 0.411. The number of nitrogens with zero attached hydrogens (tertiary/aromatic N) is 1. The second kappa shape index (κ2) is 11.0. The molecule has 0 aliphatic carbocycles. The molecule has 3 aromatic carbocycles. The van der Waals surface area contributed by atoms with Crippen molar-refractivity contribution in [1.29, 1.82) is 0 Å². The second-order valence-electron chi connectivity index (χ2n) is 9.14. The van der Waals surface area contributed by atoms with E-state index in [1.54, 1.807) is 0 Å². The number of fused-ring (bicyclic) bond motifs is 1. The van der Waals surface area contributed by atoms with Crippen LogP contribution in [0.3, 0.4) is 0 Å². The van der Waals surface area contributed by atoms with Gasteiger partial charge in [-0.2, -0.15) is 0 Å². The summed E-state index contributed by atoms with van der Waals surface area (Å²) in [5.41, 5.74) is 5.84. The lowest BCUT2D eigenvalue weighted by Crippen LogP contribution is -2.33. The van der Waals surface area contributed by atoms with E-state index in [0.29, 0.717) is 13.2 Å². The fraction of sp³-hybridized carbons (Fsp3) is 0.333. The van der Waals surface area contributed by atoms with Gasteiger partial charge >= 0.3 is 0 Å². The highest BCUT2D eigenvalue weighted by atomic mass is 16.7. The largest absolute Gasteiger partial charge is 0.491 e. The van der Waals surface area contributed by atoms with Crippen LogP contribution in [0.5, 0.6) is 17.2 Å². The number of ether oxygens (including phenoxy) is 3. The summed E-state index contributed by atoms with van der Waals surface area (Å²) in [6, 6.07) is 24.8. The van der Waals surface area contributed by atoms with Crippen molar-refractivity contribution < 1.29 is 19.3 Å². The molecule has 1 fully saturated rings. The first kappa shape index (κ1) is 23.5. The normalized spacial score (nSPS) is 16.7. The summed E-state index contributed by atoms with van der Waals surface area (Å²) in [5, 5.41) is 10.4. The summed E-state index contributed by atoms with van der Waals surface area (Å²) in [4.78, 5) is 2.30. The third kappa shape index (κ3) is 5.53. The zero-order valence-electron chi connectivity index (χ0n) is 20.3. The Balaban J connectivity index is 1.40. The number of benzene rings is 3. The van der Waals surface area contributed by atoms with E-state index in [0.717, 1.165) is 53.4 Å². The molecule has 0 spiro atoms. The molecule has 182 valence electrons. The molecule has 35 heavy (non-hydrogen) atoms. The van der Waals surface area contributed by atoms with Gasteiger partial charge in [0.2, 0.25) is 6.79 Å². The van der Waals surface area contributed by atoms with Crippen molar-refractivity contribution in [2.45, 2.75) is 32.3 Å².